The van der Waals surface area contributed by atoms with Crippen molar-refractivity contribution in [1.82, 2.24) is 20.5 Å². The lowest BCUT2D eigenvalue weighted by Gasteiger charge is -2.28. The summed E-state index contributed by atoms with van der Waals surface area (Å²) in [6.07, 6.45) is 6.90. The van der Waals surface area contributed by atoms with Gasteiger partial charge in [0.2, 0.25) is 17.7 Å². The van der Waals surface area contributed by atoms with E-state index in [9.17, 15) is 19.2 Å². The van der Waals surface area contributed by atoms with Crippen molar-refractivity contribution in [3.63, 3.8) is 0 Å². The van der Waals surface area contributed by atoms with E-state index < -0.39 is 0 Å². The molecule has 0 atom stereocenters. The standard InChI is InChI=1S/C33H45N5O4S/c1-4-37(27-11-9-10-23(2)20-27)31(40)22-38-28-16-19-43-30(28)21-29(38)33(42)36-26-14-12-25(13-15-26)32(41)35-18-8-6-5-7-17-34-24(3)39/h9-11,16,19-21,25-26H,4-8,12-15,17-18,22H2,1-3H3,(H,34,39)(H,35,41)(H,36,42)/t25-,26-. The predicted octanol–water partition coefficient (Wildman–Crippen LogP) is 5.17. The molecule has 9 nitrogen and oxygen atoms in total. The van der Waals surface area contributed by atoms with Gasteiger partial charge in [0.15, 0.2) is 0 Å². The zero-order valence-electron chi connectivity index (χ0n) is 25.6. The van der Waals surface area contributed by atoms with Crippen molar-refractivity contribution in [3.05, 3.63) is 53.0 Å². The van der Waals surface area contributed by atoms with E-state index >= 15 is 0 Å². The van der Waals surface area contributed by atoms with E-state index in [1.807, 2.05) is 60.2 Å². The van der Waals surface area contributed by atoms with Crippen LogP contribution in [0.4, 0.5) is 5.69 Å². The number of likely N-dealkylation sites (N-methyl/N-ethyl adjacent to an activating group) is 1. The average Bonchev–Trinajstić information content (AvgIpc) is 3.58. The largest absolute Gasteiger partial charge is 0.356 e. The number of aryl methyl sites for hydroxylation is 1. The number of carbonyl (C=O) groups excluding carboxylic acids is 4. The number of aromatic nitrogens is 1. The van der Waals surface area contributed by atoms with Crippen molar-refractivity contribution < 1.29 is 19.2 Å². The summed E-state index contributed by atoms with van der Waals surface area (Å²) in [4.78, 5) is 52.3. The molecule has 0 unspecified atom stereocenters. The van der Waals surface area contributed by atoms with Crippen molar-refractivity contribution in [1.29, 1.82) is 0 Å². The third-order valence-corrected chi connectivity index (χ3v) is 9.04. The molecular formula is C33H45N5O4S. The molecule has 2 aromatic heterocycles. The Hall–Kier alpha value is -3.66. The van der Waals surface area contributed by atoms with Crippen LogP contribution in [0.5, 0.6) is 0 Å². The summed E-state index contributed by atoms with van der Waals surface area (Å²) in [5.74, 6) is -0.171. The number of nitrogens with zero attached hydrogens (tertiary/aromatic N) is 2. The van der Waals surface area contributed by atoms with Crippen LogP contribution in [-0.2, 0) is 20.9 Å². The van der Waals surface area contributed by atoms with E-state index in [0.717, 1.165) is 72.8 Å². The molecule has 0 bridgehead atoms. The molecular weight excluding hydrogens is 562 g/mol. The molecule has 3 N–H and O–H groups in total. The van der Waals surface area contributed by atoms with Gasteiger partial charge in [-0.1, -0.05) is 25.0 Å². The summed E-state index contributed by atoms with van der Waals surface area (Å²) in [5.41, 5.74) is 3.32. The predicted molar refractivity (Wildman–Crippen MR) is 172 cm³/mol. The Morgan fingerprint density at radius 2 is 1.67 bits per heavy atom. The monoisotopic (exact) mass is 607 g/mol. The van der Waals surface area contributed by atoms with E-state index in [0.29, 0.717) is 25.3 Å². The first-order valence-corrected chi connectivity index (χ1v) is 16.4. The second-order valence-corrected chi connectivity index (χ2v) is 12.4. The highest BCUT2D eigenvalue weighted by Crippen LogP contribution is 2.28. The van der Waals surface area contributed by atoms with Gasteiger partial charge in [-0.25, -0.2) is 0 Å². The van der Waals surface area contributed by atoms with Gasteiger partial charge in [-0.3, -0.25) is 19.2 Å². The van der Waals surface area contributed by atoms with Crippen LogP contribution < -0.4 is 20.9 Å². The third kappa shape index (κ3) is 8.92. The smallest absolute Gasteiger partial charge is 0.268 e. The van der Waals surface area contributed by atoms with E-state index in [2.05, 4.69) is 16.0 Å². The maximum Gasteiger partial charge on any atom is 0.268 e. The molecule has 1 aromatic carbocycles. The van der Waals surface area contributed by atoms with Gasteiger partial charge in [-0.05, 0) is 87.6 Å². The van der Waals surface area contributed by atoms with Crippen LogP contribution in [0.1, 0.15) is 81.3 Å². The summed E-state index contributed by atoms with van der Waals surface area (Å²) in [7, 11) is 0. The fraction of sp³-hybridized carbons (Fsp3) is 0.515. The van der Waals surface area contributed by atoms with Crippen LogP contribution in [0.25, 0.3) is 10.2 Å². The number of benzene rings is 1. The number of amides is 4. The minimum atomic E-state index is -0.179. The van der Waals surface area contributed by atoms with Gasteiger partial charge in [0.05, 0.1) is 10.2 Å². The van der Waals surface area contributed by atoms with Gasteiger partial charge in [-0.15, -0.1) is 11.3 Å². The molecule has 232 valence electrons. The Bertz CT molecular complexity index is 1410. The number of fused-ring (bicyclic) bond motifs is 1. The highest BCUT2D eigenvalue weighted by Gasteiger charge is 2.28. The molecule has 0 radical (unpaired) electrons. The average molecular weight is 608 g/mol. The van der Waals surface area contributed by atoms with Gasteiger partial charge in [0.1, 0.15) is 12.2 Å². The van der Waals surface area contributed by atoms with E-state index in [1.54, 1.807) is 16.2 Å². The fourth-order valence-corrected chi connectivity index (χ4v) is 6.66. The normalized spacial score (nSPS) is 16.5. The summed E-state index contributed by atoms with van der Waals surface area (Å²) < 4.78 is 2.81. The first-order chi connectivity index (χ1) is 20.8. The van der Waals surface area contributed by atoms with E-state index in [-0.39, 0.29) is 42.1 Å². The highest BCUT2D eigenvalue weighted by molar-refractivity contribution is 7.17. The zero-order valence-corrected chi connectivity index (χ0v) is 26.4. The lowest BCUT2D eigenvalue weighted by molar-refractivity contribution is -0.126. The van der Waals surface area contributed by atoms with Crippen LogP contribution in [-0.4, -0.2) is 53.9 Å². The number of rotatable bonds is 14. The Labute approximate surface area is 258 Å². The maximum absolute atomic E-state index is 13.5. The molecule has 0 aliphatic heterocycles. The summed E-state index contributed by atoms with van der Waals surface area (Å²) >= 11 is 1.56. The number of anilines is 1. The third-order valence-electron chi connectivity index (χ3n) is 8.19. The number of carbonyl (C=O) groups is 4. The molecule has 4 rings (SSSR count). The quantitative estimate of drug-likeness (QED) is 0.220. The minimum absolute atomic E-state index is 0.000480. The highest BCUT2D eigenvalue weighted by atomic mass is 32.1. The van der Waals surface area contributed by atoms with Crippen molar-refractivity contribution >= 4 is 50.9 Å². The molecule has 4 amide bonds. The van der Waals surface area contributed by atoms with Gasteiger partial charge in [-0.2, -0.15) is 0 Å². The molecule has 3 aromatic rings. The Morgan fingerprint density at radius 3 is 2.35 bits per heavy atom. The van der Waals surface area contributed by atoms with E-state index in [4.69, 9.17) is 0 Å². The van der Waals surface area contributed by atoms with Crippen LogP contribution in [0.3, 0.4) is 0 Å². The van der Waals surface area contributed by atoms with Gasteiger partial charge in [0, 0.05) is 44.2 Å². The van der Waals surface area contributed by atoms with Gasteiger partial charge >= 0.3 is 0 Å². The van der Waals surface area contributed by atoms with Crippen molar-refractivity contribution in [2.45, 2.75) is 84.7 Å². The maximum atomic E-state index is 13.5. The van der Waals surface area contributed by atoms with Crippen LogP contribution in [0.2, 0.25) is 0 Å². The van der Waals surface area contributed by atoms with Crippen LogP contribution in [0.15, 0.2) is 41.8 Å². The molecule has 0 spiro atoms. The van der Waals surface area contributed by atoms with Crippen molar-refractivity contribution in [3.8, 4) is 0 Å². The molecule has 1 fully saturated rings. The topological polar surface area (TPSA) is 113 Å². The Kier molecular flexibility index (Phi) is 11.8. The molecule has 10 heteroatoms. The molecule has 1 aliphatic carbocycles. The molecule has 1 aliphatic rings. The molecule has 1 saturated carbocycles. The molecule has 0 saturated heterocycles. The van der Waals surface area contributed by atoms with Gasteiger partial charge < -0.3 is 25.4 Å². The second kappa shape index (κ2) is 15.7. The molecule has 43 heavy (non-hydrogen) atoms. The number of nitrogens with one attached hydrogen (secondary N) is 3. The fourth-order valence-electron chi connectivity index (χ4n) is 5.84. The Morgan fingerprint density at radius 1 is 0.953 bits per heavy atom. The lowest BCUT2D eigenvalue weighted by Crippen LogP contribution is -2.42. The molecule has 2 heterocycles. The van der Waals surface area contributed by atoms with Crippen molar-refractivity contribution in [2.75, 3.05) is 24.5 Å². The summed E-state index contributed by atoms with van der Waals surface area (Å²) in [5, 5.41) is 11.0. The van der Waals surface area contributed by atoms with Crippen LogP contribution >= 0.6 is 11.3 Å². The van der Waals surface area contributed by atoms with E-state index in [1.165, 1.54) is 6.92 Å². The number of thiophene rings is 1. The lowest BCUT2D eigenvalue weighted by atomic mass is 9.85. The van der Waals surface area contributed by atoms with Gasteiger partial charge in [0.25, 0.3) is 5.91 Å². The zero-order chi connectivity index (χ0) is 30.8. The SMILES string of the molecule is CCN(C(=O)Cn1c(C(=O)N[C@H]2CC[C@H](C(=O)NCCCCCCNC(C)=O)CC2)cc2sccc21)c1cccc(C)c1. The van der Waals surface area contributed by atoms with Crippen molar-refractivity contribution in [2.24, 2.45) is 5.92 Å². The first kappa shape index (κ1) is 32.3. The number of unbranched alkanes of at least 4 members (excludes halogenated alkanes) is 3. The second-order valence-electron chi connectivity index (χ2n) is 11.5. The minimum Gasteiger partial charge on any atom is -0.356 e. The number of hydrogen-bond donors (Lipinski definition) is 3. The van der Waals surface area contributed by atoms with Crippen LogP contribution in [0, 0.1) is 12.8 Å². The first-order valence-electron chi connectivity index (χ1n) is 15.5. The summed E-state index contributed by atoms with van der Waals surface area (Å²) in [6, 6.07) is 11.7. The Balaban J connectivity index is 1.27. The summed E-state index contributed by atoms with van der Waals surface area (Å²) in [6.45, 7) is 7.47. The number of hydrogen-bond acceptors (Lipinski definition) is 5.